The number of nitrogens with zero attached hydrogens (tertiary/aromatic N) is 3. The lowest BCUT2D eigenvalue weighted by molar-refractivity contribution is -0.385. The zero-order valence-electron chi connectivity index (χ0n) is 20.4. The van der Waals surface area contributed by atoms with Crippen molar-refractivity contribution in [3.8, 4) is 17.2 Å². The third kappa shape index (κ3) is 4.70. The fourth-order valence-corrected chi connectivity index (χ4v) is 5.11. The largest absolute Gasteiger partial charge is 0.502 e. The van der Waals surface area contributed by atoms with Gasteiger partial charge in [0.25, 0.3) is 5.56 Å². The summed E-state index contributed by atoms with van der Waals surface area (Å²) >= 11 is 1.07. The number of allylic oxidation sites excluding steroid dienone is 1. The molecule has 0 spiro atoms. The molecule has 0 saturated heterocycles. The van der Waals surface area contributed by atoms with Crippen LogP contribution in [0.15, 0.2) is 57.5 Å². The lowest BCUT2D eigenvalue weighted by Crippen LogP contribution is -2.40. The first-order valence-electron chi connectivity index (χ1n) is 11.1. The smallest absolute Gasteiger partial charge is 0.338 e. The van der Waals surface area contributed by atoms with E-state index in [2.05, 4.69) is 4.99 Å². The average molecular weight is 526 g/mol. The number of thiazole rings is 1. The van der Waals surface area contributed by atoms with Crippen molar-refractivity contribution in [1.29, 1.82) is 0 Å². The second-order valence-corrected chi connectivity index (χ2v) is 8.92. The van der Waals surface area contributed by atoms with Gasteiger partial charge >= 0.3 is 11.7 Å². The van der Waals surface area contributed by atoms with Gasteiger partial charge in [-0.15, -0.1) is 0 Å². The Kier molecular flexibility index (Phi) is 7.11. The number of hydrogen-bond acceptors (Lipinski definition) is 10. The lowest BCUT2D eigenvalue weighted by Gasteiger charge is -2.26. The number of benzene rings is 2. The molecule has 192 valence electrons. The first kappa shape index (κ1) is 25.6. The summed E-state index contributed by atoms with van der Waals surface area (Å²) in [6, 6.07) is 7.94. The van der Waals surface area contributed by atoms with Crippen LogP contribution in [0.1, 0.15) is 31.0 Å². The van der Waals surface area contributed by atoms with Gasteiger partial charge in [-0.1, -0.05) is 17.4 Å². The molecular formula is C25H23N3O8S. The number of aromatic nitrogens is 1. The molecular weight excluding hydrogens is 502 g/mol. The van der Waals surface area contributed by atoms with E-state index in [-0.39, 0.29) is 16.7 Å². The average Bonchev–Trinajstić information content (AvgIpc) is 3.17. The normalized spacial score (nSPS) is 15.1. The molecule has 0 radical (unpaired) electrons. The maximum Gasteiger partial charge on any atom is 0.338 e. The maximum atomic E-state index is 13.7. The number of fused-ring (bicyclic) bond motifs is 1. The Hall–Kier alpha value is -4.45. The number of methoxy groups -OCH3 is 2. The Labute approximate surface area is 214 Å². The highest BCUT2D eigenvalue weighted by Crippen LogP contribution is 2.37. The molecule has 3 aromatic rings. The number of nitro benzene ring substituents is 1. The van der Waals surface area contributed by atoms with Gasteiger partial charge in [-0.2, -0.15) is 0 Å². The van der Waals surface area contributed by atoms with Gasteiger partial charge < -0.3 is 19.3 Å². The van der Waals surface area contributed by atoms with Crippen molar-refractivity contribution in [2.45, 2.75) is 19.9 Å². The van der Waals surface area contributed by atoms with Crippen LogP contribution in [0.4, 0.5) is 5.69 Å². The van der Waals surface area contributed by atoms with E-state index in [9.17, 15) is 24.8 Å². The number of phenolic OH excluding ortho intramolecular Hbond substituents is 1. The van der Waals surface area contributed by atoms with E-state index in [4.69, 9.17) is 14.2 Å². The zero-order valence-corrected chi connectivity index (χ0v) is 21.2. The van der Waals surface area contributed by atoms with Crippen LogP contribution in [0.5, 0.6) is 17.2 Å². The molecule has 2 aromatic carbocycles. The van der Waals surface area contributed by atoms with E-state index >= 15 is 0 Å². The number of rotatable bonds is 7. The highest BCUT2D eigenvalue weighted by Gasteiger charge is 2.35. The van der Waals surface area contributed by atoms with E-state index in [0.717, 1.165) is 11.3 Å². The highest BCUT2D eigenvalue weighted by atomic mass is 32.1. The van der Waals surface area contributed by atoms with Gasteiger partial charge in [0, 0.05) is 11.6 Å². The van der Waals surface area contributed by atoms with Gasteiger partial charge in [0.2, 0.25) is 0 Å². The molecule has 0 bridgehead atoms. The van der Waals surface area contributed by atoms with Gasteiger partial charge in [-0.05, 0) is 49.8 Å². The maximum absolute atomic E-state index is 13.7. The molecule has 37 heavy (non-hydrogen) atoms. The number of hydrogen-bond donors (Lipinski definition) is 1. The van der Waals surface area contributed by atoms with Crippen LogP contribution in [0.2, 0.25) is 0 Å². The summed E-state index contributed by atoms with van der Waals surface area (Å²) in [6.07, 6.45) is 1.47. The van der Waals surface area contributed by atoms with Crippen LogP contribution >= 0.6 is 11.3 Å². The summed E-state index contributed by atoms with van der Waals surface area (Å²) in [5.74, 6) is -0.191. The predicted octanol–water partition coefficient (Wildman–Crippen LogP) is 2.43. The Bertz CT molecular complexity index is 1620. The SMILES string of the molecule is CCOC(=O)C1=C(C)N=c2s/c(=C\c3ccc(O)c([N+](=O)[O-])c3)c(=O)n2[C@@H]1c1cc(OC)ccc1OC. The topological polar surface area (TPSA) is 142 Å². The minimum Gasteiger partial charge on any atom is -0.502 e. The number of ether oxygens (including phenoxy) is 3. The highest BCUT2D eigenvalue weighted by molar-refractivity contribution is 7.07. The molecule has 1 atom stereocenters. The second kappa shape index (κ2) is 10.3. The number of phenols is 1. The van der Waals surface area contributed by atoms with Crippen molar-refractivity contribution >= 4 is 29.1 Å². The van der Waals surface area contributed by atoms with Crippen molar-refractivity contribution in [1.82, 2.24) is 4.57 Å². The van der Waals surface area contributed by atoms with Crippen molar-refractivity contribution < 1.29 is 29.0 Å². The molecule has 0 amide bonds. The Morgan fingerprint density at radius 2 is 2.00 bits per heavy atom. The molecule has 1 aromatic heterocycles. The Balaban J connectivity index is 2.00. The molecule has 0 unspecified atom stereocenters. The molecule has 12 heteroatoms. The predicted molar refractivity (Wildman–Crippen MR) is 135 cm³/mol. The van der Waals surface area contributed by atoms with Gasteiger partial charge in [-0.3, -0.25) is 19.5 Å². The summed E-state index contributed by atoms with van der Waals surface area (Å²) < 4.78 is 17.8. The number of carbonyl (C=O) groups excluding carboxylic acids is 1. The summed E-state index contributed by atoms with van der Waals surface area (Å²) in [5.41, 5.74) is 0.428. The van der Waals surface area contributed by atoms with Crippen LogP contribution in [0.3, 0.4) is 0 Å². The Morgan fingerprint density at radius 3 is 2.65 bits per heavy atom. The summed E-state index contributed by atoms with van der Waals surface area (Å²) in [5, 5.41) is 21.0. The molecule has 0 aliphatic carbocycles. The third-order valence-electron chi connectivity index (χ3n) is 5.74. The van der Waals surface area contributed by atoms with Gasteiger partial charge in [0.1, 0.15) is 17.5 Å². The first-order chi connectivity index (χ1) is 17.7. The molecule has 1 N–H and O–H groups in total. The van der Waals surface area contributed by atoms with Crippen molar-refractivity contribution in [2.75, 3.05) is 20.8 Å². The minimum atomic E-state index is -0.934. The number of nitro groups is 1. The summed E-state index contributed by atoms with van der Waals surface area (Å²) in [6.45, 7) is 3.47. The van der Waals surface area contributed by atoms with Crippen molar-refractivity contribution in [3.63, 3.8) is 0 Å². The molecule has 0 saturated carbocycles. The van der Waals surface area contributed by atoms with Crippen molar-refractivity contribution in [2.24, 2.45) is 4.99 Å². The van der Waals surface area contributed by atoms with E-state index in [1.54, 1.807) is 32.0 Å². The summed E-state index contributed by atoms with van der Waals surface area (Å²) in [7, 11) is 2.98. The molecule has 0 fully saturated rings. The first-order valence-corrected chi connectivity index (χ1v) is 11.9. The number of esters is 1. The lowest BCUT2D eigenvalue weighted by atomic mass is 9.94. The van der Waals surface area contributed by atoms with E-state index in [1.165, 1.54) is 43.1 Å². The number of aromatic hydroxyl groups is 1. The molecule has 2 heterocycles. The minimum absolute atomic E-state index is 0.127. The second-order valence-electron chi connectivity index (χ2n) is 7.92. The van der Waals surface area contributed by atoms with Gasteiger partial charge in [0.15, 0.2) is 10.6 Å². The van der Waals surface area contributed by atoms with Gasteiger partial charge in [-0.25, -0.2) is 9.79 Å². The van der Waals surface area contributed by atoms with Gasteiger partial charge in [0.05, 0.1) is 41.6 Å². The molecule has 1 aliphatic heterocycles. The van der Waals surface area contributed by atoms with Crippen LogP contribution in [0.25, 0.3) is 6.08 Å². The van der Waals surface area contributed by atoms with Crippen molar-refractivity contribution in [3.05, 3.63) is 88.6 Å². The zero-order chi connectivity index (χ0) is 26.9. The van der Waals surface area contributed by atoms with Crippen LogP contribution < -0.4 is 24.4 Å². The third-order valence-corrected chi connectivity index (χ3v) is 6.73. The fourth-order valence-electron chi connectivity index (χ4n) is 4.07. The summed E-state index contributed by atoms with van der Waals surface area (Å²) in [4.78, 5) is 42.2. The molecule has 4 rings (SSSR count). The van der Waals surface area contributed by atoms with Crippen LogP contribution in [-0.4, -0.2) is 41.4 Å². The van der Waals surface area contributed by atoms with E-state index in [0.29, 0.717) is 33.1 Å². The quantitative estimate of drug-likeness (QED) is 0.282. The fraction of sp³-hybridized carbons (Fsp3) is 0.240. The standard InChI is InChI=1S/C25H23N3O8S/c1-5-36-24(31)21-13(2)26-25-27(22(21)16-12-15(34-3)7-9-19(16)35-4)23(30)20(37-25)11-14-6-8-18(29)17(10-14)28(32)33/h6-12,22,29H,5H2,1-4H3/b20-11-/t22-/m1/s1. The Morgan fingerprint density at radius 1 is 1.24 bits per heavy atom. The monoisotopic (exact) mass is 525 g/mol. The molecule has 1 aliphatic rings. The van der Waals surface area contributed by atoms with Crippen LogP contribution in [0, 0.1) is 10.1 Å². The molecule has 11 nitrogen and oxygen atoms in total. The number of carbonyl (C=O) groups is 1. The van der Waals surface area contributed by atoms with E-state index < -0.39 is 33.9 Å². The van der Waals surface area contributed by atoms with E-state index in [1.807, 2.05) is 0 Å². The van der Waals surface area contributed by atoms with Crippen LogP contribution in [-0.2, 0) is 9.53 Å².